The van der Waals surface area contributed by atoms with E-state index in [1.54, 1.807) is 10.9 Å². The number of nitrogens with one attached hydrogen (secondary N) is 1. The number of aromatic nitrogens is 2. The minimum absolute atomic E-state index is 0.0223. The lowest BCUT2D eigenvalue weighted by atomic mass is 9.94. The fourth-order valence-corrected chi connectivity index (χ4v) is 3.64. The maximum absolute atomic E-state index is 12.4. The van der Waals surface area contributed by atoms with Crippen LogP contribution in [0.2, 0.25) is 0 Å². The van der Waals surface area contributed by atoms with Crippen LogP contribution in [0.3, 0.4) is 0 Å². The number of likely N-dealkylation sites (tertiary alicyclic amines) is 1. The van der Waals surface area contributed by atoms with Crippen LogP contribution >= 0.6 is 0 Å². The molecule has 1 aromatic heterocycles. The van der Waals surface area contributed by atoms with Gasteiger partial charge in [-0.2, -0.15) is 5.10 Å². The van der Waals surface area contributed by atoms with Crippen molar-refractivity contribution in [2.24, 2.45) is 7.05 Å². The minimum atomic E-state index is 0.0223. The van der Waals surface area contributed by atoms with Crippen molar-refractivity contribution in [1.29, 1.82) is 0 Å². The first-order chi connectivity index (χ1) is 12.5. The maximum Gasteiger partial charge on any atom is 0.238 e. The summed E-state index contributed by atoms with van der Waals surface area (Å²) in [6, 6.07) is 9.17. The molecular formula is C20H29N5O. The summed E-state index contributed by atoms with van der Waals surface area (Å²) >= 11 is 0. The van der Waals surface area contributed by atoms with Gasteiger partial charge in [0.2, 0.25) is 5.91 Å². The number of hydrogen-bond acceptors (Lipinski definition) is 4. The van der Waals surface area contributed by atoms with Gasteiger partial charge in [0.05, 0.1) is 18.4 Å². The van der Waals surface area contributed by atoms with Crippen LogP contribution in [0, 0.1) is 0 Å². The van der Waals surface area contributed by atoms with E-state index in [9.17, 15) is 4.79 Å². The fraction of sp³-hybridized carbons (Fsp3) is 0.500. The van der Waals surface area contributed by atoms with Crippen molar-refractivity contribution in [3.05, 3.63) is 47.8 Å². The van der Waals surface area contributed by atoms with Crippen LogP contribution in [0.15, 0.2) is 36.7 Å². The Morgan fingerprint density at radius 3 is 2.69 bits per heavy atom. The van der Waals surface area contributed by atoms with Crippen molar-refractivity contribution in [1.82, 2.24) is 19.6 Å². The molecule has 0 aliphatic carbocycles. The van der Waals surface area contributed by atoms with Gasteiger partial charge < -0.3 is 10.2 Å². The first-order valence-electron chi connectivity index (χ1n) is 9.27. The molecule has 0 saturated carbocycles. The van der Waals surface area contributed by atoms with E-state index < -0.39 is 0 Å². The van der Waals surface area contributed by atoms with Crippen molar-refractivity contribution in [2.75, 3.05) is 32.5 Å². The van der Waals surface area contributed by atoms with E-state index in [1.807, 2.05) is 13.2 Å². The predicted molar refractivity (Wildman–Crippen MR) is 104 cm³/mol. The lowest BCUT2D eigenvalue weighted by Gasteiger charge is -2.35. The van der Waals surface area contributed by atoms with Crippen LogP contribution in [-0.2, 0) is 18.4 Å². The highest BCUT2D eigenvalue weighted by Gasteiger charge is 2.25. The Hall–Kier alpha value is -2.18. The molecular weight excluding hydrogens is 326 g/mol. The van der Waals surface area contributed by atoms with E-state index in [-0.39, 0.29) is 5.91 Å². The van der Waals surface area contributed by atoms with Gasteiger partial charge >= 0.3 is 0 Å². The van der Waals surface area contributed by atoms with Gasteiger partial charge in [-0.3, -0.25) is 14.4 Å². The van der Waals surface area contributed by atoms with Crippen LogP contribution < -0.4 is 5.32 Å². The first-order valence-corrected chi connectivity index (χ1v) is 9.27. The van der Waals surface area contributed by atoms with Crippen molar-refractivity contribution < 1.29 is 4.79 Å². The number of benzene rings is 1. The second-order valence-corrected chi connectivity index (χ2v) is 7.41. The first kappa shape index (κ1) is 18.6. The molecule has 6 nitrogen and oxygen atoms in total. The maximum atomic E-state index is 12.4. The molecule has 140 valence electrons. The van der Waals surface area contributed by atoms with Gasteiger partial charge in [-0.25, -0.2) is 0 Å². The molecule has 2 aromatic rings. The number of rotatable bonds is 6. The van der Waals surface area contributed by atoms with Crippen molar-refractivity contribution in [2.45, 2.75) is 31.8 Å². The molecule has 1 unspecified atom stereocenters. The van der Waals surface area contributed by atoms with Crippen LogP contribution in [0.5, 0.6) is 0 Å². The molecule has 2 heterocycles. The molecule has 26 heavy (non-hydrogen) atoms. The lowest BCUT2D eigenvalue weighted by molar-refractivity contribution is -0.118. The van der Waals surface area contributed by atoms with Crippen LogP contribution in [0.25, 0.3) is 0 Å². The van der Waals surface area contributed by atoms with E-state index in [1.165, 1.54) is 17.5 Å². The zero-order valence-corrected chi connectivity index (χ0v) is 16.0. The number of anilines is 1. The molecule has 1 atom stereocenters. The van der Waals surface area contributed by atoms with E-state index in [2.05, 4.69) is 58.6 Å². The molecule has 1 aliphatic rings. The largest absolute Gasteiger partial charge is 0.322 e. The second kappa shape index (κ2) is 8.47. The summed E-state index contributed by atoms with van der Waals surface area (Å²) in [7, 11) is 6.01. The lowest BCUT2D eigenvalue weighted by Crippen LogP contribution is -2.39. The summed E-state index contributed by atoms with van der Waals surface area (Å²) < 4.78 is 1.69. The quantitative estimate of drug-likeness (QED) is 0.865. The normalized spacial score (nSPS) is 18.2. The summed E-state index contributed by atoms with van der Waals surface area (Å²) in [6.07, 6.45) is 6.96. The minimum Gasteiger partial charge on any atom is -0.322 e. The summed E-state index contributed by atoms with van der Waals surface area (Å²) in [5.74, 6) is 0.0223. The van der Waals surface area contributed by atoms with Gasteiger partial charge in [0.25, 0.3) is 0 Å². The predicted octanol–water partition coefficient (Wildman–Crippen LogP) is 2.65. The highest BCUT2D eigenvalue weighted by Crippen LogP contribution is 2.31. The molecule has 0 radical (unpaired) electrons. The van der Waals surface area contributed by atoms with Gasteiger partial charge in [0.15, 0.2) is 0 Å². The van der Waals surface area contributed by atoms with E-state index >= 15 is 0 Å². The number of carbonyl (C=O) groups excluding carboxylic acids is 1. The third-order valence-electron chi connectivity index (χ3n) is 4.81. The van der Waals surface area contributed by atoms with Gasteiger partial charge in [-0.05, 0) is 44.6 Å². The van der Waals surface area contributed by atoms with Gasteiger partial charge in [0.1, 0.15) is 0 Å². The molecule has 0 bridgehead atoms. The highest BCUT2D eigenvalue weighted by molar-refractivity contribution is 5.92. The van der Waals surface area contributed by atoms with Crippen LogP contribution in [0.4, 0.5) is 5.69 Å². The Labute approximate surface area is 155 Å². The number of carbonyl (C=O) groups is 1. The highest BCUT2D eigenvalue weighted by atomic mass is 16.2. The number of hydrogen-bond donors (Lipinski definition) is 1. The molecule has 6 heteroatoms. The number of aryl methyl sites for hydroxylation is 1. The zero-order valence-electron chi connectivity index (χ0n) is 16.0. The summed E-state index contributed by atoms with van der Waals surface area (Å²) in [5.41, 5.74) is 3.37. The second-order valence-electron chi connectivity index (χ2n) is 7.41. The van der Waals surface area contributed by atoms with Crippen LogP contribution in [-0.4, -0.2) is 52.7 Å². The fourth-order valence-electron chi connectivity index (χ4n) is 3.64. The summed E-state index contributed by atoms with van der Waals surface area (Å²) in [4.78, 5) is 16.9. The molecule has 0 spiro atoms. The monoisotopic (exact) mass is 355 g/mol. The van der Waals surface area contributed by atoms with Crippen molar-refractivity contribution in [3.63, 3.8) is 0 Å². The van der Waals surface area contributed by atoms with Gasteiger partial charge in [-0.15, -0.1) is 0 Å². The number of nitrogens with zero attached hydrogens (tertiary/aromatic N) is 4. The molecule has 1 aromatic carbocycles. The standard InChI is InChI=1S/C20H29N5O/c1-23(2)13-16-7-9-17(10-8-16)19-6-4-5-11-25(19)15-20(26)22-18-12-21-24(3)14-18/h7-10,12,14,19H,4-6,11,13,15H2,1-3H3,(H,22,26). The molecule has 1 fully saturated rings. The number of piperidine rings is 1. The Balaban J connectivity index is 1.64. The molecule has 3 rings (SSSR count). The Kier molecular flexibility index (Phi) is 6.06. The topological polar surface area (TPSA) is 53.4 Å². The van der Waals surface area contributed by atoms with E-state index in [0.717, 1.165) is 31.6 Å². The SMILES string of the molecule is CN(C)Cc1ccc(C2CCCCN2CC(=O)Nc2cnn(C)c2)cc1. The molecule has 1 N–H and O–H groups in total. The van der Waals surface area contributed by atoms with E-state index in [0.29, 0.717) is 12.6 Å². The van der Waals surface area contributed by atoms with Crippen molar-refractivity contribution >= 4 is 11.6 Å². The Morgan fingerprint density at radius 2 is 2.04 bits per heavy atom. The smallest absolute Gasteiger partial charge is 0.238 e. The van der Waals surface area contributed by atoms with Crippen molar-refractivity contribution in [3.8, 4) is 0 Å². The Bertz CT molecular complexity index is 722. The van der Waals surface area contributed by atoms with Crippen LogP contribution in [0.1, 0.15) is 36.4 Å². The molecule has 1 amide bonds. The average Bonchev–Trinajstić information content (AvgIpc) is 3.00. The number of amides is 1. The Morgan fingerprint density at radius 1 is 1.27 bits per heavy atom. The molecule has 1 aliphatic heterocycles. The van der Waals surface area contributed by atoms with E-state index in [4.69, 9.17) is 0 Å². The van der Waals surface area contributed by atoms with Gasteiger partial charge in [0, 0.05) is 25.8 Å². The third-order valence-corrected chi connectivity index (χ3v) is 4.81. The third kappa shape index (κ3) is 4.93. The molecule has 1 saturated heterocycles. The average molecular weight is 355 g/mol. The summed E-state index contributed by atoms with van der Waals surface area (Å²) in [5, 5.41) is 7.04. The summed E-state index contributed by atoms with van der Waals surface area (Å²) in [6.45, 7) is 2.33. The zero-order chi connectivity index (χ0) is 18.5. The van der Waals surface area contributed by atoms with Gasteiger partial charge in [-0.1, -0.05) is 30.7 Å².